The highest BCUT2D eigenvalue weighted by Crippen LogP contribution is 2.24. The van der Waals surface area contributed by atoms with Crippen molar-refractivity contribution in [2.24, 2.45) is 13.0 Å². The molecule has 128 valence electrons. The van der Waals surface area contributed by atoms with Crippen molar-refractivity contribution in [2.75, 3.05) is 13.1 Å². The number of nitrogens with zero attached hydrogens (tertiary/aromatic N) is 4. The van der Waals surface area contributed by atoms with Crippen LogP contribution in [-0.2, 0) is 13.7 Å². The Bertz CT molecular complexity index is 800. The van der Waals surface area contributed by atoms with Gasteiger partial charge >= 0.3 is 0 Å². The molecule has 1 aromatic carbocycles. The predicted octanol–water partition coefficient (Wildman–Crippen LogP) is 3.12. The van der Waals surface area contributed by atoms with Gasteiger partial charge in [-0.05, 0) is 44.5 Å². The zero-order chi connectivity index (χ0) is 17.3. The summed E-state index contributed by atoms with van der Waals surface area (Å²) in [5.74, 6) is 0.418. The third kappa shape index (κ3) is 3.49. The van der Waals surface area contributed by atoms with Gasteiger partial charge in [-0.1, -0.05) is 23.8 Å². The van der Waals surface area contributed by atoms with Crippen molar-refractivity contribution in [3.05, 3.63) is 46.0 Å². The first kappa shape index (κ1) is 17.0. The summed E-state index contributed by atoms with van der Waals surface area (Å²) >= 11 is 5.33. The molecule has 1 aromatic heterocycles. The second kappa shape index (κ2) is 6.99. The summed E-state index contributed by atoms with van der Waals surface area (Å²) in [6.45, 7) is 6.59. The van der Waals surface area contributed by atoms with E-state index in [-0.39, 0.29) is 5.92 Å². The Morgan fingerprint density at radius 3 is 2.58 bits per heavy atom. The second-order valence-corrected chi connectivity index (χ2v) is 7.11. The molecule has 2 heterocycles. The summed E-state index contributed by atoms with van der Waals surface area (Å²) in [6.07, 6.45) is 3.53. The largest absolute Gasteiger partial charge is 0.310 e. The van der Waals surface area contributed by atoms with Crippen molar-refractivity contribution in [3.8, 4) is 0 Å². The summed E-state index contributed by atoms with van der Waals surface area (Å²) in [4.78, 5) is 15.1. The van der Waals surface area contributed by atoms with Crippen LogP contribution in [0.5, 0.6) is 0 Å². The van der Waals surface area contributed by atoms with Crippen LogP contribution in [0, 0.1) is 24.5 Å². The van der Waals surface area contributed by atoms with E-state index in [1.165, 1.54) is 5.56 Å². The first-order valence-electron chi connectivity index (χ1n) is 8.38. The monoisotopic (exact) mass is 344 g/mol. The molecule has 6 heteroatoms. The molecule has 0 unspecified atom stereocenters. The summed E-state index contributed by atoms with van der Waals surface area (Å²) in [7, 11) is 1.90. The topological polar surface area (TPSA) is 43.1 Å². The SMILES string of the molecule is Cc1ccc(C(=O)C2CCN(Cn3ncn(C)c3=S)CC2)c(C)c1. The Balaban J connectivity index is 1.61. The van der Waals surface area contributed by atoms with Gasteiger partial charge < -0.3 is 4.57 Å². The molecule has 0 aliphatic carbocycles. The molecule has 1 aliphatic heterocycles. The van der Waals surface area contributed by atoms with E-state index in [2.05, 4.69) is 23.0 Å². The number of rotatable bonds is 4. The van der Waals surface area contributed by atoms with Crippen LogP contribution < -0.4 is 0 Å². The van der Waals surface area contributed by atoms with E-state index in [1.807, 2.05) is 35.4 Å². The van der Waals surface area contributed by atoms with E-state index in [9.17, 15) is 4.79 Å². The van der Waals surface area contributed by atoms with Crippen molar-refractivity contribution in [1.82, 2.24) is 19.2 Å². The summed E-state index contributed by atoms with van der Waals surface area (Å²) in [5, 5.41) is 4.30. The molecule has 0 spiro atoms. The highest BCUT2D eigenvalue weighted by atomic mass is 32.1. The number of carbonyl (C=O) groups is 1. The summed E-state index contributed by atoms with van der Waals surface area (Å²) < 4.78 is 4.40. The molecule has 0 saturated carbocycles. The number of Topliss-reactive ketones (excluding diaryl/α,β-unsaturated/α-hetero) is 1. The van der Waals surface area contributed by atoms with E-state index in [0.29, 0.717) is 12.5 Å². The molecular formula is C18H24N4OS. The van der Waals surface area contributed by atoms with E-state index >= 15 is 0 Å². The van der Waals surface area contributed by atoms with E-state index in [1.54, 1.807) is 6.33 Å². The van der Waals surface area contributed by atoms with Crippen molar-refractivity contribution >= 4 is 18.0 Å². The van der Waals surface area contributed by atoms with Crippen LogP contribution in [-0.4, -0.2) is 38.1 Å². The number of ketones is 1. The number of likely N-dealkylation sites (tertiary alicyclic amines) is 1. The summed E-state index contributed by atoms with van der Waals surface area (Å²) in [6, 6.07) is 6.09. The standard InChI is InChI=1S/C18H24N4OS/c1-13-4-5-16(14(2)10-13)17(23)15-6-8-21(9-7-15)12-22-18(24)20(3)11-19-22/h4-5,10-11,15H,6-9,12H2,1-3H3. The molecule has 2 aromatic rings. The van der Waals surface area contributed by atoms with Gasteiger partial charge in [0.25, 0.3) is 0 Å². The Labute approximate surface area is 147 Å². The number of hydrogen-bond donors (Lipinski definition) is 0. The Morgan fingerprint density at radius 1 is 1.29 bits per heavy atom. The lowest BCUT2D eigenvalue weighted by Gasteiger charge is -2.31. The molecule has 1 fully saturated rings. The first-order valence-corrected chi connectivity index (χ1v) is 8.79. The fourth-order valence-corrected chi connectivity index (χ4v) is 3.51. The van der Waals surface area contributed by atoms with Crippen LogP contribution in [0.25, 0.3) is 0 Å². The highest BCUT2D eigenvalue weighted by Gasteiger charge is 2.26. The average Bonchev–Trinajstić information content (AvgIpc) is 2.87. The number of aromatic nitrogens is 3. The molecule has 1 aliphatic rings. The third-order valence-electron chi connectivity index (χ3n) is 4.83. The molecule has 5 nitrogen and oxygen atoms in total. The molecule has 0 bridgehead atoms. The van der Waals surface area contributed by atoms with Crippen LogP contribution in [0.4, 0.5) is 0 Å². The van der Waals surface area contributed by atoms with Gasteiger partial charge in [0, 0.05) is 31.6 Å². The Hall–Kier alpha value is -1.79. The van der Waals surface area contributed by atoms with Crippen molar-refractivity contribution in [3.63, 3.8) is 0 Å². The van der Waals surface area contributed by atoms with Crippen molar-refractivity contribution in [1.29, 1.82) is 0 Å². The van der Waals surface area contributed by atoms with Crippen LogP contribution in [0.3, 0.4) is 0 Å². The zero-order valence-electron chi connectivity index (χ0n) is 14.5. The maximum absolute atomic E-state index is 12.8. The van der Waals surface area contributed by atoms with E-state index in [4.69, 9.17) is 12.2 Å². The number of benzene rings is 1. The van der Waals surface area contributed by atoms with Crippen LogP contribution in [0.2, 0.25) is 0 Å². The normalized spacial score (nSPS) is 16.5. The smallest absolute Gasteiger partial charge is 0.198 e. The van der Waals surface area contributed by atoms with Gasteiger partial charge in [0.15, 0.2) is 10.6 Å². The molecule has 0 atom stereocenters. The minimum Gasteiger partial charge on any atom is -0.310 e. The van der Waals surface area contributed by atoms with E-state index < -0.39 is 0 Å². The van der Waals surface area contributed by atoms with Gasteiger partial charge in [0.2, 0.25) is 0 Å². The van der Waals surface area contributed by atoms with Crippen LogP contribution in [0.1, 0.15) is 34.3 Å². The molecule has 0 amide bonds. The van der Waals surface area contributed by atoms with Gasteiger partial charge in [-0.25, -0.2) is 4.68 Å². The quantitative estimate of drug-likeness (QED) is 0.631. The van der Waals surface area contributed by atoms with Gasteiger partial charge in [0.05, 0.1) is 6.67 Å². The van der Waals surface area contributed by atoms with E-state index in [0.717, 1.165) is 41.8 Å². The minimum absolute atomic E-state index is 0.124. The maximum Gasteiger partial charge on any atom is 0.198 e. The zero-order valence-corrected chi connectivity index (χ0v) is 15.3. The molecule has 0 N–H and O–H groups in total. The van der Waals surface area contributed by atoms with Crippen molar-refractivity contribution in [2.45, 2.75) is 33.4 Å². The fourth-order valence-electron chi connectivity index (χ4n) is 3.35. The second-order valence-electron chi connectivity index (χ2n) is 6.74. The van der Waals surface area contributed by atoms with Crippen LogP contribution >= 0.6 is 12.2 Å². The lowest BCUT2D eigenvalue weighted by molar-refractivity contribution is 0.0803. The predicted molar refractivity (Wildman–Crippen MR) is 96.6 cm³/mol. The highest BCUT2D eigenvalue weighted by molar-refractivity contribution is 7.71. The number of piperidine rings is 1. The van der Waals surface area contributed by atoms with Gasteiger partial charge in [0.1, 0.15) is 6.33 Å². The first-order chi connectivity index (χ1) is 11.5. The average molecular weight is 344 g/mol. The Morgan fingerprint density at radius 2 is 2.00 bits per heavy atom. The lowest BCUT2D eigenvalue weighted by atomic mass is 9.87. The van der Waals surface area contributed by atoms with Gasteiger partial charge in [-0.2, -0.15) is 5.10 Å². The third-order valence-corrected chi connectivity index (χ3v) is 5.33. The van der Waals surface area contributed by atoms with Crippen molar-refractivity contribution < 1.29 is 4.79 Å². The Kier molecular flexibility index (Phi) is 4.96. The number of aryl methyl sites for hydroxylation is 3. The molecule has 0 radical (unpaired) electrons. The van der Waals surface area contributed by atoms with Gasteiger partial charge in [-0.15, -0.1) is 0 Å². The fraction of sp³-hybridized carbons (Fsp3) is 0.500. The molecule has 24 heavy (non-hydrogen) atoms. The summed E-state index contributed by atoms with van der Waals surface area (Å²) in [5.41, 5.74) is 3.17. The maximum atomic E-state index is 12.8. The molecule has 3 rings (SSSR count). The molecular weight excluding hydrogens is 320 g/mol. The lowest BCUT2D eigenvalue weighted by Crippen LogP contribution is -2.37. The number of hydrogen-bond acceptors (Lipinski definition) is 4. The van der Waals surface area contributed by atoms with Crippen LogP contribution in [0.15, 0.2) is 24.5 Å². The molecule has 1 saturated heterocycles. The van der Waals surface area contributed by atoms with Gasteiger partial charge in [-0.3, -0.25) is 9.69 Å². The number of carbonyl (C=O) groups excluding carboxylic acids is 1. The minimum atomic E-state index is 0.124.